The third kappa shape index (κ3) is 3.87. The molecule has 6 nitrogen and oxygen atoms in total. The summed E-state index contributed by atoms with van der Waals surface area (Å²) >= 11 is 1.75. The first-order valence-electron chi connectivity index (χ1n) is 10.6. The molecular formula is C21H31N5OS. The molecule has 2 aromatic heterocycles. The minimum atomic E-state index is 0.219. The van der Waals surface area contributed by atoms with E-state index in [0.717, 1.165) is 74.0 Å². The van der Waals surface area contributed by atoms with E-state index >= 15 is 0 Å². The Hall–Kier alpha value is -1.73. The van der Waals surface area contributed by atoms with Gasteiger partial charge in [0.05, 0.1) is 18.5 Å². The van der Waals surface area contributed by atoms with Crippen LogP contribution in [0.1, 0.15) is 48.9 Å². The Balaban J connectivity index is 1.70. The van der Waals surface area contributed by atoms with Gasteiger partial charge in [0.1, 0.15) is 16.5 Å². The van der Waals surface area contributed by atoms with Gasteiger partial charge in [-0.3, -0.25) is 9.69 Å². The predicted octanol–water partition coefficient (Wildman–Crippen LogP) is 3.35. The van der Waals surface area contributed by atoms with Crippen LogP contribution in [0.15, 0.2) is 0 Å². The number of aromatic nitrogens is 2. The lowest BCUT2D eigenvalue weighted by atomic mass is 10.2. The van der Waals surface area contributed by atoms with Crippen molar-refractivity contribution in [2.45, 2.75) is 53.0 Å². The lowest BCUT2D eigenvalue weighted by Gasteiger charge is -2.24. The summed E-state index contributed by atoms with van der Waals surface area (Å²) in [6, 6.07) is 0. The van der Waals surface area contributed by atoms with Gasteiger partial charge in [-0.05, 0) is 58.2 Å². The number of aryl methyl sites for hydroxylation is 2. The molecule has 2 fully saturated rings. The van der Waals surface area contributed by atoms with Crippen LogP contribution in [-0.2, 0) is 11.3 Å². The summed E-state index contributed by atoms with van der Waals surface area (Å²) in [4.78, 5) is 31.7. The van der Waals surface area contributed by atoms with Crippen LogP contribution in [0.4, 0.5) is 5.82 Å². The van der Waals surface area contributed by atoms with Gasteiger partial charge in [0.2, 0.25) is 5.91 Å². The summed E-state index contributed by atoms with van der Waals surface area (Å²) in [6.45, 7) is 12.5. The third-order valence-electron chi connectivity index (χ3n) is 5.95. The van der Waals surface area contributed by atoms with Crippen molar-refractivity contribution in [1.82, 2.24) is 19.8 Å². The first kappa shape index (κ1) is 19.6. The molecule has 0 saturated carbocycles. The molecule has 1 amide bonds. The maximum absolute atomic E-state index is 12.8. The SMILES string of the molecule is CCCN1CCCN(c2nc(CN3CCCC3)nc3sc(C)c(C)c23)CC1=O. The number of hydrogen-bond donors (Lipinski definition) is 0. The molecule has 2 aromatic rings. The highest BCUT2D eigenvalue weighted by molar-refractivity contribution is 7.18. The van der Waals surface area contributed by atoms with Crippen molar-refractivity contribution in [1.29, 1.82) is 0 Å². The van der Waals surface area contributed by atoms with E-state index in [9.17, 15) is 4.79 Å². The van der Waals surface area contributed by atoms with Gasteiger partial charge in [0, 0.05) is 24.5 Å². The average molecular weight is 402 g/mol. The van der Waals surface area contributed by atoms with E-state index < -0.39 is 0 Å². The monoisotopic (exact) mass is 401 g/mol. The molecular weight excluding hydrogens is 370 g/mol. The number of fused-ring (bicyclic) bond motifs is 1. The fraction of sp³-hybridized carbons (Fsp3) is 0.667. The van der Waals surface area contributed by atoms with Gasteiger partial charge in [0.15, 0.2) is 0 Å². The second kappa shape index (κ2) is 8.33. The maximum Gasteiger partial charge on any atom is 0.242 e. The molecule has 2 saturated heterocycles. The number of carbonyl (C=O) groups is 1. The molecule has 28 heavy (non-hydrogen) atoms. The molecule has 0 radical (unpaired) electrons. The lowest BCUT2D eigenvalue weighted by molar-refractivity contribution is -0.129. The third-order valence-corrected chi connectivity index (χ3v) is 7.05. The molecule has 152 valence electrons. The molecule has 0 N–H and O–H groups in total. The maximum atomic E-state index is 12.8. The first-order valence-corrected chi connectivity index (χ1v) is 11.4. The van der Waals surface area contributed by atoms with Crippen LogP contribution in [0.5, 0.6) is 0 Å². The Kier molecular flexibility index (Phi) is 5.83. The summed E-state index contributed by atoms with van der Waals surface area (Å²) in [5.41, 5.74) is 1.25. The standard InChI is InChI=1S/C21H31N5OS/c1-4-8-25-11-7-12-26(14-18(25)27)20-19-15(2)16(3)28-21(19)23-17(22-20)13-24-9-5-6-10-24/h4-14H2,1-3H3. The van der Waals surface area contributed by atoms with Crippen molar-refractivity contribution in [2.75, 3.05) is 44.2 Å². The average Bonchev–Trinajstić information content (AvgIpc) is 3.22. The first-order chi connectivity index (χ1) is 13.6. The number of likely N-dealkylation sites (tertiary alicyclic amines) is 1. The zero-order chi connectivity index (χ0) is 19.7. The highest BCUT2D eigenvalue weighted by Gasteiger charge is 2.26. The summed E-state index contributed by atoms with van der Waals surface area (Å²) in [7, 11) is 0. The van der Waals surface area contributed by atoms with Crippen LogP contribution in [0.25, 0.3) is 10.2 Å². The zero-order valence-electron chi connectivity index (χ0n) is 17.3. The zero-order valence-corrected chi connectivity index (χ0v) is 18.1. The predicted molar refractivity (Wildman–Crippen MR) is 115 cm³/mol. The van der Waals surface area contributed by atoms with Gasteiger partial charge in [-0.1, -0.05) is 6.92 Å². The van der Waals surface area contributed by atoms with Crippen LogP contribution in [0.3, 0.4) is 0 Å². The van der Waals surface area contributed by atoms with Crippen molar-refractivity contribution in [3.63, 3.8) is 0 Å². The number of anilines is 1. The van der Waals surface area contributed by atoms with E-state index in [1.54, 1.807) is 11.3 Å². The summed E-state index contributed by atoms with van der Waals surface area (Å²) < 4.78 is 0. The number of rotatable bonds is 5. The Labute approximate surface area is 171 Å². The van der Waals surface area contributed by atoms with E-state index in [4.69, 9.17) is 9.97 Å². The summed E-state index contributed by atoms with van der Waals surface area (Å²) in [5.74, 6) is 2.08. The molecule has 7 heteroatoms. The fourth-order valence-corrected chi connectivity index (χ4v) is 5.36. The molecule has 0 unspecified atom stereocenters. The van der Waals surface area contributed by atoms with E-state index in [0.29, 0.717) is 6.54 Å². The smallest absolute Gasteiger partial charge is 0.242 e. The molecule has 2 aliphatic rings. The number of nitrogens with zero attached hydrogens (tertiary/aromatic N) is 5. The van der Waals surface area contributed by atoms with Crippen molar-refractivity contribution in [3.05, 3.63) is 16.3 Å². The number of carbonyl (C=O) groups excluding carboxylic acids is 1. The van der Waals surface area contributed by atoms with Gasteiger partial charge < -0.3 is 9.80 Å². The Morgan fingerprint density at radius 3 is 2.57 bits per heavy atom. The fourth-order valence-electron chi connectivity index (χ4n) is 4.32. The molecule has 0 atom stereocenters. The van der Waals surface area contributed by atoms with Crippen LogP contribution in [0.2, 0.25) is 0 Å². The number of hydrogen-bond acceptors (Lipinski definition) is 6. The topological polar surface area (TPSA) is 52.6 Å². The Morgan fingerprint density at radius 1 is 1.04 bits per heavy atom. The number of amides is 1. The van der Waals surface area contributed by atoms with Crippen molar-refractivity contribution >= 4 is 33.3 Å². The molecule has 2 aliphatic heterocycles. The largest absolute Gasteiger partial charge is 0.347 e. The second-order valence-corrected chi connectivity index (χ2v) is 9.27. The lowest BCUT2D eigenvalue weighted by Crippen LogP contribution is -2.37. The normalized spacial score (nSPS) is 19.0. The molecule has 0 aromatic carbocycles. The van der Waals surface area contributed by atoms with Gasteiger partial charge in [0.25, 0.3) is 0 Å². The van der Waals surface area contributed by atoms with E-state index in [2.05, 4.69) is 30.6 Å². The number of thiophene rings is 1. The quantitative estimate of drug-likeness (QED) is 0.769. The highest BCUT2D eigenvalue weighted by Crippen LogP contribution is 2.35. The Bertz CT molecular complexity index is 858. The molecule has 0 aliphatic carbocycles. The molecule has 4 rings (SSSR count). The minimum Gasteiger partial charge on any atom is -0.347 e. The van der Waals surface area contributed by atoms with Gasteiger partial charge in [-0.2, -0.15) is 0 Å². The molecule has 4 heterocycles. The van der Waals surface area contributed by atoms with Crippen LogP contribution < -0.4 is 4.90 Å². The Morgan fingerprint density at radius 2 is 1.82 bits per heavy atom. The highest BCUT2D eigenvalue weighted by atomic mass is 32.1. The van der Waals surface area contributed by atoms with Crippen molar-refractivity contribution in [3.8, 4) is 0 Å². The van der Waals surface area contributed by atoms with Crippen molar-refractivity contribution < 1.29 is 4.79 Å². The van der Waals surface area contributed by atoms with Gasteiger partial charge in [-0.15, -0.1) is 11.3 Å². The van der Waals surface area contributed by atoms with Gasteiger partial charge in [-0.25, -0.2) is 9.97 Å². The summed E-state index contributed by atoms with van der Waals surface area (Å²) in [5, 5.41) is 1.14. The van der Waals surface area contributed by atoms with E-state index in [1.807, 2.05) is 4.90 Å². The van der Waals surface area contributed by atoms with Crippen molar-refractivity contribution in [2.24, 2.45) is 0 Å². The van der Waals surface area contributed by atoms with E-state index in [-0.39, 0.29) is 5.91 Å². The van der Waals surface area contributed by atoms with Crippen LogP contribution in [0, 0.1) is 13.8 Å². The van der Waals surface area contributed by atoms with Crippen LogP contribution >= 0.6 is 11.3 Å². The van der Waals surface area contributed by atoms with Crippen LogP contribution in [-0.4, -0.2) is 64.9 Å². The molecule has 0 spiro atoms. The molecule has 0 bridgehead atoms. The van der Waals surface area contributed by atoms with Gasteiger partial charge >= 0.3 is 0 Å². The van der Waals surface area contributed by atoms with E-state index in [1.165, 1.54) is 23.3 Å². The summed E-state index contributed by atoms with van der Waals surface area (Å²) in [6.07, 6.45) is 4.52. The second-order valence-electron chi connectivity index (χ2n) is 8.07. The minimum absolute atomic E-state index is 0.219.